The van der Waals surface area contributed by atoms with E-state index in [-0.39, 0.29) is 11.5 Å². The van der Waals surface area contributed by atoms with Crippen LogP contribution in [0.15, 0.2) is 28.0 Å². The average molecular weight is 459 g/mol. The first kappa shape index (κ1) is 23.5. The van der Waals surface area contributed by atoms with Crippen LogP contribution in [0.1, 0.15) is 63.5 Å². The predicted molar refractivity (Wildman–Crippen MR) is 134 cm³/mol. The highest BCUT2D eigenvalue weighted by molar-refractivity contribution is 8.26. The summed E-state index contributed by atoms with van der Waals surface area (Å²) in [5, 5.41) is 3.31. The first-order chi connectivity index (χ1) is 15.0. The second-order valence-corrected chi connectivity index (χ2v) is 9.46. The van der Waals surface area contributed by atoms with Gasteiger partial charge in [-0.05, 0) is 37.5 Å². The smallest absolute Gasteiger partial charge is 0.267 e. The largest absolute Gasteiger partial charge is 0.369 e. The second kappa shape index (κ2) is 10.9. The summed E-state index contributed by atoms with van der Waals surface area (Å²) in [5.74, 6) is 0.387. The van der Waals surface area contributed by atoms with Crippen LogP contribution in [0.25, 0.3) is 11.7 Å². The number of nitrogens with zero attached hydrogens (tertiary/aromatic N) is 3. The van der Waals surface area contributed by atoms with Crippen molar-refractivity contribution < 1.29 is 4.79 Å². The second-order valence-electron chi connectivity index (χ2n) is 7.79. The number of carbonyl (C=O) groups excluding carboxylic acids is 1. The predicted octanol–water partition coefficient (Wildman–Crippen LogP) is 5.00. The molecule has 1 N–H and O–H groups in total. The Bertz CT molecular complexity index is 1060. The van der Waals surface area contributed by atoms with E-state index in [1.165, 1.54) is 11.8 Å². The minimum Gasteiger partial charge on any atom is -0.369 e. The van der Waals surface area contributed by atoms with Gasteiger partial charge >= 0.3 is 0 Å². The van der Waals surface area contributed by atoms with Crippen LogP contribution in [0, 0.1) is 6.92 Å². The fraction of sp³-hybridized carbons (Fsp3) is 0.478. The highest BCUT2D eigenvalue weighted by Gasteiger charge is 2.32. The molecule has 2 aromatic rings. The molecule has 3 rings (SSSR count). The van der Waals surface area contributed by atoms with Crippen LogP contribution >= 0.6 is 24.0 Å². The number of thioether (sulfide) groups is 1. The number of aryl methyl sites for hydroxylation is 1. The Labute approximate surface area is 193 Å². The van der Waals surface area contributed by atoms with Crippen LogP contribution < -0.4 is 10.9 Å². The van der Waals surface area contributed by atoms with E-state index in [4.69, 9.17) is 12.2 Å². The zero-order valence-electron chi connectivity index (χ0n) is 18.4. The summed E-state index contributed by atoms with van der Waals surface area (Å²) < 4.78 is 2.09. The molecular formula is C23H30N4O2S2. The van der Waals surface area contributed by atoms with E-state index in [1.54, 1.807) is 21.6 Å². The number of unbranched alkanes of at least 4 members (excludes halogenated alkanes) is 4. The average Bonchev–Trinajstić information content (AvgIpc) is 3.01. The topological polar surface area (TPSA) is 66.7 Å². The number of anilines is 1. The molecule has 3 heterocycles. The fourth-order valence-corrected chi connectivity index (χ4v) is 4.74. The van der Waals surface area contributed by atoms with Crippen molar-refractivity contribution in [2.45, 2.75) is 59.3 Å². The number of rotatable bonds is 10. The van der Waals surface area contributed by atoms with Gasteiger partial charge in [0.05, 0.1) is 10.5 Å². The maximum atomic E-state index is 13.3. The van der Waals surface area contributed by atoms with Crippen LogP contribution in [0.2, 0.25) is 0 Å². The SMILES string of the molecule is CCCCCNc1nc2ccc(C)cn2c(=O)c1C=C1SC(=S)N(CCCCC)C1=O. The van der Waals surface area contributed by atoms with Gasteiger partial charge in [0.15, 0.2) is 0 Å². The minimum atomic E-state index is -0.192. The maximum absolute atomic E-state index is 13.3. The lowest BCUT2D eigenvalue weighted by atomic mass is 10.2. The summed E-state index contributed by atoms with van der Waals surface area (Å²) >= 11 is 6.69. The molecule has 0 aliphatic carbocycles. The molecule has 6 nitrogen and oxygen atoms in total. The number of nitrogens with one attached hydrogen (secondary N) is 1. The van der Waals surface area contributed by atoms with Crippen molar-refractivity contribution in [2.75, 3.05) is 18.4 Å². The zero-order valence-corrected chi connectivity index (χ0v) is 20.1. The molecule has 0 radical (unpaired) electrons. The summed E-state index contributed by atoms with van der Waals surface area (Å²) in [6.45, 7) is 7.55. The summed E-state index contributed by atoms with van der Waals surface area (Å²) in [4.78, 5) is 33.1. The van der Waals surface area contributed by atoms with Gasteiger partial charge in [0.25, 0.3) is 11.5 Å². The van der Waals surface area contributed by atoms with Crippen LogP contribution in [0.4, 0.5) is 5.82 Å². The van der Waals surface area contributed by atoms with Gasteiger partial charge in [-0.3, -0.25) is 18.9 Å². The molecule has 1 aliphatic heterocycles. The van der Waals surface area contributed by atoms with Gasteiger partial charge in [-0.1, -0.05) is 69.6 Å². The maximum Gasteiger partial charge on any atom is 0.267 e. The van der Waals surface area contributed by atoms with Gasteiger partial charge in [0.1, 0.15) is 15.8 Å². The van der Waals surface area contributed by atoms with E-state index in [0.29, 0.717) is 32.8 Å². The van der Waals surface area contributed by atoms with Gasteiger partial charge in [-0.15, -0.1) is 0 Å². The zero-order chi connectivity index (χ0) is 22.4. The van der Waals surface area contributed by atoms with E-state index in [9.17, 15) is 9.59 Å². The van der Waals surface area contributed by atoms with Crippen molar-refractivity contribution >= 4 is 51.7 Å². The molecule has 1 amide bonds. The molecule has 1 saturated heterocycles. The van der Waals surface area contributed by atoms with Crippen molar-refractivity contribution in [2.24, 2.45) is 0 Å². The van der Waals surface area contributed by atoms with E-state index >= 15 is 0 Å². The van der Waals surface area contributed by atoms with Crippen LogP contribution in [0.5, 0.6) is 0 Å². The third-order valence-electron chi connectivity index (χ3n) is 5.21. The number of hydrogen-bond acceptors (Lipinski definition) is 6. The van der Waals surface area contributed by atoms with Crippen LogP contribution in [-0.2, 0) is 4.79 Å². The lowest BCUT2D eigenvalue weighted by Crippen LogP contribution is -2.29. The number of fused-ring (bicyclic) bond motifs is 1. The summed E-state index contributed by atoms with van der Waals surface area (Å²) in [5.41, 5.74) is 1.75. The summed E-state index contributed by atoms with van der Waals surface area (Å²) in [6, 6.07) is 3.77. The number of carbonyl (C=O) groups is 1. The number of aromatic nitrogens is 2. The van der Waals surface area contributed by atoms with Crippen molar-refractivity contribution in [3.8, 4) is 0 Å². The molecule has 0 atom stereocenters. The number of thiocarbonyl (C=S) groups is 1. The molecule has 2 aromatic heterocycles. The van der Waals surface area contributed by atoms with Crippen LogP contribution in [-0.4, -0.2) is 37.6 Å². The molecule has 0 saturated carbocycles. The van der Waals surface area contributed by atoms with Gasteiger partial charge in [0.2, 0.25) is 0 Å². The highest BCUT2D eigenvalue weighted by atomic mass is 32.2. The highest BCUT2D eigenvalue weighted by Crippen LogP contribution is 2.33. The quantitative estimate of drug-likeness (QED) is 0.307. The van der Waals surface area contributed by atoms with E-state index in [1.807, 2.05) is 19.1 Å². The normalized spacial score (nSPS) is 15.5. The standard InChI is InChI=1S/C23H30N4O2S2/c1-4-6-8-12-24-20-17(21(28)27-15-16(3)10-11-19(27)25-20)14-18-22(29)26(23(30)31-18)13-9-7-5-2/h10-11,14-15,24H,4-9,12-13H2,1-3H3. The lowest BCUT2D eigenvalue weighted by Gasteiger charge is -2.13. The number of hydrogen-bond donors (Lipinski definition) is 1. The Balaban J connectivity index is 1.99. The molecule has 0 spiro atoms. The first-order valence-corrected chi connectivity index (χ1v) is 12.2. The Morgan fingerprint density at radius 3 is 2.61 bits per heavy atom. The molecule has 0 aromatic carbocycles. The number of amides is 1. The summed E-state index contributed by atoms with van der Waals surface area (Å²) in [7, 11) is 0. The third-order valence-corrected chi connectivity index (χ3v) is 6.59. The van der Waals surface area contributed by atoms with Crippen molar-refractivity contribution in [3.63, 3.8) is 0 Å². The molecule has 1 aliphatic rings. The van der Waals surface area contributed by atoms with Gasteiger partial charge in [-0.25, -0.2) is 4.98 Å². The Hall–Kier alpha value is -2.19. The Morgan fingerprint density at radius 2 is 1.87 bits per heavy atom. The van der Waals surface area contributed by atoms with Gasteiger partial charge in [0, 0.05) is 19.3 Å². The molecule has 1 fully saturated rings. The van der Waals surface area contributed by atoms with E-state index in [0.717, 1.165) is 50.6 Å². The molecule has 8 heteroatoms. The minimum absolute atomic E-state index is 0.128. The molecular weight excluding hydrogens is 428 g/mol. The molecule has 31 heavy (non-hydrogen) atoms. The summed E-state index contributed by atoms with van der Waals surface area (Å²) in [6.07, 6.45) is 9.69. The fourth-order valence-electron chi connectivity index (χ4n) is 3.45. The molecule has 0 unspecified atom stereocenters. The molecule has 166 valence electrons. The van der Waals surface area contributed by atoms with E-state index in [2.05, 4.69) is 24.1 Å². The Morgan fingerprint density at radius 1 is 1.13 bits per heavy atom. The Kier molecular flexibility index (Phi) is 8.26. The van der Waals surface area contributed by atoms with E-state index < -0.39 is 0 Å². The number of pyridine rings is 1. The van der Waals surface area contributed by atoms with Gasteiger partial charge in [-0.2, -0.15) is 0 Å². The third kappa shape index (κ3) is 5.54. The van der Waals surface area contributed by atoms with Gasteiger partial charge < -0.3 is 5.32 Å². The molecule has 0 bridgehead atoms. The monoisotopic (exact) mass is 458 g/mol. The van der Waals surface area contributed by atoms with Crippen molar-refractivity contribution in [3.05, 3.63) is 44.7 Å². The lowest BCUT2D eigenvalue weighted by molar-refractivity contribution is -0.122. The van der Waals surface area contributed by atoms with Crippen molar-refractivity contribution in [1.29, 1.82) is 0 Å². The van der Waals surface area contributed by atoms with Crippen LogP contribution in [0.3, 0.4) is 0 Å². The van der Waals surface area contributed by atoms with Crippen molar-refractivity contribution in [1.82, 2.24) is 14.3 Å². The first-order valence-electron chi connectivity index (χ1n) is 11.0.